The Hall–Kier alpha value is -1.07. The van der Waals surface area contributed by atoms with Crippen LogP contribution in [0, 0.1) is 0 Å². The SMILES string of the molecule is CCn1ncc(OC)c1C1(O)CCOC1C. The standard InChI is InChI=1S/C11H18N2O3/c1-4-13-10(9(15-3)7-12-13)11(14)5-6-16-8(11)2/h7-8,14H,4-6H2,1-3H3. The van der Waals surface area contributed by atoms with E-state index in [4.69, 9.17) is 9.47 Å². The van der Waals surface area contributed by atoms with Crippen molar-refractivity contribution in [2.75, 3.05) is 13.7 Å². The molecule has 5 heteroatoms. The van der Waals surface area contributed by atoms with Crippen molar-refractivity contribution in [2.45, 2.75) is 38.5 Å². The quantitative estimate of drug-likeness (QED) is 0.832. The summed E-state index contributed by atoms with van der Waals surface area (Å²) in [7, 11) is 1.59. The van der Waals surface area contributed by atoms with Gasteiger partial charge in [0, 0.05) is 13.0 Å². The predicted octanol–water partition coefficient (Wildman–Crippen LogP) is 0.908. The minimum atomic E-state index is -0.988. The second kappa shape index (κ2) is 4.07. The van der Waals surface area contributed by atoms with Gasteiger partial charge in [0.05, 0.1) is 26.0 Å². The van der Waals surface area contributed by atoms with E-state index in [1.807, 2.05) is 13.8 Å². The van der Waals surface area contributed by atoms with Crippen molar-refractivity contribution in [2.24, 2.45) is 0 Å². The van der Waals surface area contributed by atoms with Crippen LogP contribution in [-0.4, -0.2) is 34.7 Å². The molecular weight excluding hydrogens is 208 g/mol. The van der Waals surface area contributed by atoms with Gasteiger partial charge in [-0.2, -0.15) is 5.10 Å². The number of methoxy groups -OCH3 is 1. The minimum Gasteiger partial charge on any atom is -0.493 e. The average Bonchev–Trinajstić information content (AvgIpc) is 2.84. The summed E-state index contributed by atoms with van der Waals surface area (Å²) in [6.07, 6.45) is 1.99. The van der Waals surface area contributed by atoms with Gasteiger partial charge in [0.25, 0.3) is 0 Å². The molecule has 5 nitrogen and oxygen atoms in total. The molecule has 16 heavy (non-hydrogen) atoms. The van der Waals surface area contributed by atoms with Crippen LogP contribution in [0.4, 0.5) is 0 Å². The summed E-state index contributed by atoms with van der Waals surface area (Å²) in [5.74, 6) is 0.627. The predicted molar refractivity (Wildman–Crippen MR) is 58.4 cm³/mol. The smallest absolute Gasteiger partial charge is 0.163 e. The van der Waals surface area contributed by atoms with Crippen molar-refractivity contribution >= 4 is 0 Å². The van der Waals surface area contributed by atoms with Gasteiger partial charge in [-0.25, -0.2) is 0 Å². The molecule has 0 amide bonds. The van der Waals surface area contributed by atoms with Gasteiger partial charge < -0.3 is 14.6 Å². The first kappa shape index (κ1) is 11.4. The highest BCUT2D eigenvalue weighted by molar-refractivity contribution is 5.32. The Bertz CT molecular complexity index is 356. The van der Waals surface area contributed by atoms with Crippen LogP contribution in [0.3, 0.4) is 0 Å². The summed E-state index contributed by atoms with van der Waals surface area (Å²) in [5, 5.41) is 14.9. The zero-order valence-electron chi connectivity index (χ0n) is 9.93. The lowest BCUT2D eigenvalue weighted by molar-refractivity contribution is -0.0390. The van der Waals surface area contributed by atoms with Crippen LogP contribution in [0.25, 0.3) is 0 Å². The van der Waals surface area contributed by atoms with Crippen molar-refractivity contribution in [1.29, 1.82) is 0 Å². The molecule has 1 N–H and O–H groups in total. The largest absolute Gasteiger partial charge is 0.493 e. The van der Waals surface area contributed by atoms with Crippen molar-refractivity contribution < 1.29 is 14.6 Å². The van der Waals surface area contributed by atoms with E-state index >= 15 is 0 Å². The number of hydrogen-bond donors (Lipinski definition) is 1. The lowest BCUT2D eigenvalue weighted by Crippen LogP contribution is -2.36. The van der Waals surface area contributed by atoms with Gasteiger partial charge in [-0.15, -0.1) is 0 Å². The van der Waals surface area contributed by atoms with E-state index in [0.29, 0.717) is 25.3 Å². The lowest BCUT2D eigenvalue weighted by atomic mass is 9.92. The van der Waals surface area contributed by atoms with Gasteiger partial charge in [0.2, 0.25) is 0 Å². The van der Waals surface area contributed by atoms with Crippen molar-refractivity contribution in [3.8, 4) is 5.75 Å². The topological polar surface area (TPSA) is 56.5 Å². The first-order valence-corrected chi connectivity index (χ1v) is 5.57. The minimum absolute atomic E-state index is 0.233. The molecule has 0 saturated carbocycles. The van der Waals surface area contributed by atoms with E-state index < -0.39 is 5.60 Å². The Morgan fingerprint density at radius 2 is 2.50 bits per heavy atom. The van der Waals surface area contributed by atoms with Crippen molar-refractivity contribution in [3.63, 3.8) is 0 Å². The van der Waals surface area contributed by atoms with Crippen LogP contribution >= 0.6 is 0 Å². The number of ether oxygens (including phenoxy) is 2. The lowest BCUT2D eigenvalue weighted by Gasteiger charge is -2.27. The maximum Gasteiger partial charge on any atom is 0.163 e. The molecule has 1 aromatic heterocycles. The number of aliphatic hydroxyl groups is 1. The molecule has 0 spiro atoms. The van der Waals surface area contributed by atoms with Gasteiger partial charge in [-0.05, 0) is 13.8 Å². The highest BCUT2D eigenvalue weighted by Crippen LogP contribution is 2.40. The van der Waals surface area contributed by atoms with E-state index in [0.717, 1.165) is 5.69 Å². The summed E-state index contributed by atoms with van der Waals surface area (Å²) >= 11 is 0. The average molecular weight is 226 g/mol. The fourth-order valence-electron chi connectivity index (χ4n) is 2.24. The van der Waals surface area contributed by atoms with Gasteiger partial charge in [0.15, 0.2) is 5.75 Å². The van der Waals surface area contributed by atoms with Crippen LogP contribution < -0.4 is 4.74 Å². The molecule has 2 rings (SSSR count). The number of aromatic nitrogens is 2. The monoisotopic (exact) mass is 226 g/mol. The Morgan fingerprint density at radius 1 is 1.75 bits per heavy atom. The zero-order chi connectivity index (χ0) is 11.8. The van der Waals surface area contributed by atoms with E-state index in [2.05, 4.69) is 5.10 Å². The maximum absolute atomic E-state index is 10.7. The third kappa shape index (κ3) is 1.51. The first-order chi connectivity index (χ1) is 7.63. The Labute approximate surface area is 95.0 Å². The molecule has 0 aromatic carbocycles. The molecule has 1 aromatic rings. The maximum atomic E-state index is 10.7. The molecule has 1 aliphatic heterocycles. The molecule has 2 unspecified atom stereocenters. The van der Waals surface area contributed by atoms with Gasteiger partial charge in [-0.3, -0.25) is 4.68 Å². The summed E-state index contributed by atoms with van der Waals surface area (Å²) in [6, 6.07) is 0. The van der Waals surface area contributed by atoms with Gasteiger partial charge in [-0.1, -0.05) is 0 Å². The summed E-state index contributed by atoms with van der Waals surface area (Å²) < 4.78 is 12.5. The second-order valence-electron chi connectivity index (χ2n) is 4.06. The third-order valence-electron chi connectivity index (χ3n) is 3.26. The molecule has 2 atom stereocenters. The molecule has 1 fully saturated rings. The highest BCUT2D eigenvalue weighted by atomic mass is 16.5. The number of nitrogens with zero attached hydrogens (tertiary/aromatic N) is 2. The van der Waals surface area contributed by atoms with Crippen LogP contribution in [0.15, 0.2) is 6.20 Å². The van der Waals surface area contributed by atoms with Crippen LogP contribution in [0.2, 0.25) is 0 Å². The molecule has 0 radical (unpaired) electrons. The fraction of sp³-hybridized carbons (Fsp3) is 0.727. The number of rotatable bonds is 3. The molecule has 90 valence electrons. The molecule has 0 bridgehead atoms. The van der Waals surface area contributed by atoms with E-state index in [1.54, 1.807) is 18.0 Å². The first-order valence-electron chi connectivity index (χ1n) is 5.57. The van der Waals surface area contributed by atoms with Crippen molar-refractivity contribution in [1.82, 2.24) is 9.78 Å². The van der Waals surface area contributed by atoms with Gasteiger partial charge in [0.1, 0.15) is 11.3 Å². The fourth-order valence-corrected chi connectivity index (χ4v) is 2.24. The highest BCUT2D eigenvalue weighted by Gasteiger charge is 2.45. The Morgan fingerprint density at radius 3 is 3.00 bits per heavy atom. The van der Waals surface area contributed by atoms with Crippen LogP contribution in [0.5, 0.6) is 5.75 Å². The van der Waals surface area contributed by atoms with E-state index in [1.165, 1.54) is 0 Å². The summed E-state index contributed by atoms with van der Waals surface area (Å²) in [4.78, 5) is 0. The summed E-state index contributed by atoms with van der Waals surface area (Å²) in [6.45, 7) is 5.13. The second-order valence-corrected chi connectivity index (χ2v) is 4.06. The Kier molecular flexibility index (Phi) is 2.90. The van der Waals surface area contributed by atoms with Crippen molar-refractivity contribution in [3.05, 3.63) is 11.9 Å². The molecule has 1 aliphatic rings. The molecule has 0 aliphatic carbocycles. The van der Waals surface area contributed by atoms with E-state index in [9.17, 15) is 5.11 Å². The molecule has 2 heterocycles. The molecular formula is C11H18N2O3. The van der Waals surface area contributed by atoms with Crippen LogP contribution in [0.1, 0.15) is 26.0 Å². The Balaban J connectivity index is 2.48. The molecule has 1 saturated heterocycles. The van der Waals surface area contributed by atoms with E-state index in [-0.39, 0.29) is 6.10 Å². The summed E-state index contributed by atoms with van der Waals surface area (Å²) in [5.41, 5.74) is -0.264. The van der Waals surface area contributed by atoms with Gasteiger partial charge >= 0.3 is 0 Å². The number of hydrogen-bond acceptors (Lipinski definition) is 4. The normalized spacial score (nSPS) is 29.6. The third-order valence-corrected chi connectivity index (χ3v) is 3.26. The zero-order valence-corrected chi connectivity index (χ0v) is 9.93. The number of aryl methyl sites for hydroxylation is 1. The van der Waals surface area contributed by atoms with Crippen LogP contribution in [-0.2, 0) is 16.9 Å².